The third-order valence-corrected chi connectivity index (χ3v) is 5.35. The number of hydrogen-bond acceptors (Lipinski definition) is 4. The Morgan fingerprint density at radius 3 is 2.79 bits per heavy atom. The summed E-state index contributed by atoms with van der Waals surface area (Å²) in [6, 6.07) is 0. The molecular formula is C21H38IN5O2. The monoisotopic (exact) mass is 519 g/mol. The molecule has 166 valence electrons. The van der Waals surface area contributed by atoms with Crippen LogP contribution in [0.4, 0.5) is 0 Å². The maximum Gasteiger partial charge on any atom is 0.194 e. The Hall–Kier alpha value is -0.870. The van der Waals surface area contributed by atoms with E-state index in [4.69, 9.17) is 14.5 Å². The molecule has 1 aromatic heterocycles. The van der Waals surface area contributed by atoms with Gasteiger partial charge in [-0.25, -0.2) is 9.98 Å². The number of hydrogen-bond donors (Lipinski definition) is 1. The number of rotatable bonds is 8. The first-order chi connectivity index (χ1) is 13.7. The number of nitrogens with zero attached hydrogens (tertiary/aromatic N) is 4. The number of piperidine rings is 1. The van der Waals surface area contributed by atoms with Crippen molar-refractivity contribution < 1.29 is 9.47 Å². The number of aromatic nitrogens is 2. The number of likely N-dealkylation sites (tertiary alicyclic amines) is 1. The third kappa shape index (κ3) is 7.71. The summed E-state index contributed by atoms with van der Waals surface area (Å²) in [6.45, 7) is 12.6. The second-order valence-corrected chi connectivity index (χ2v) is 8.21. The molecule has 0 radical (unpaired) electrons. The molecule has 2 aliphatic rings. The van der Waals surface area contributed by atoms with Crippen molar-refractivity contribution in [1.29, 1.82) is 0 Å². The highest BCUT2D eigenvalue weighted by molar-refractivity contribution is 14.0. The Morgan fingerprint density at radius 1 is 1.34 bits per heavy atom. The van der Waals surface area contributed by atoms with Crippen LogP contribution in [0.5, 0.6) is 0 Å². The number of halogens is 1. The average molecular weight is 519 g/mol. The summed E-state index contributed by atoms with van der Waals surface area (Å²) >= 11 is 0. The van der Waals surface area contributed by atoms with Crippen LogP contribution in [0.1, 0.15) is 52.3 Å². The van der Waals surface area contributed by atoms with Crippen molar-refractivity contribution in [1.82, 2.24) is 19.8 Å². The fourth-order valence-corrected chi connectivity index (χ4v) is 3.88. The summed E-state index contributed by atoms with van der Waals surface area (Å²) in [5, 5.41) is 3.44. The fraction of sp³-hybridized carbons (Fsp3) is 0.810. The standard InChI is InChI=1S/C21H37N5O2.HI/c1-4-22-21(24-14-20-23-9-12-26(20)15-17(2)3)25-10-7-18(8-11-25)28-16-19-6-5-13-27-19;/h9,12,17-19H,4-8,10-11,13-16H2,1-3H3,(H,22,24);1H. The summed E-state index contributed by atoms with van der Waals surface area (Å²) in [6.07, 6.45) is 8.97. The fourth-order valence-electron chi connectivity index (χ4n) is 3.88. The van der Waals surface area contributed by atoms with Crippen LogP contribution in [-0.4, -0.2) is 65.5 Å². The molecule has 2 saturated heterocycles. The quantitative estimate of drug-likeness (QED) is 0.325. The molecule has 1 unspecified atom stereocenters. The van der Waals surface area contributed by atoms with E-state index in [1.165, 1.54) is 6.42 Å². The van der Waals surface area contributed by atoms with Gasteiger partial charge in [-0.2, -0.15) is 0 Å². The van der Waals surface area contributed by atoms with E-state index in [2.05, 4.69) is 46.7 Å². The van der Waals surface area contributed by atoms with Gasteiger partial charge in [0, 0.05) is 45.2 Å². The number of guanidine groups is 1. The number of ether oxygens (including phenoxy) is 2. The lowest BCUT2D eigenvalue weighted by Crippen LogP contribution is -2.47. The Kier molecular flexibility index (Phi) is 10.7. The molecule has 3 heterocycles. The molecule has 0 saturated carbocycles. The van der Waals surface area contributed by atoms with Gasteiger partial charge < -0.3 is 24.3 Å². The van der Waals surface area contributed by atoms with Crippen molar-refractivity contribution in [2.75, 3.05) is 32.8 Å². The van der Waals surface area contributed by atoms with E-state index >= 15 is 0 Å². The van der Waals surface area contributed by atoms with Gasteiger partial charge in [0.15, 0.2) is 5.96 Å². The number of aliphatic imine (C=N–C) groups is 1. The predicted octanol–water partition coefficient (Wildman–Crippen LogP) is 3.28. The SMILES string of the molecule is CCNC(=NCc1nccn1CC(C)C)N1CCC(OCC2CCCO2)CC1.I. The number of nitrogens with one attached hydrogen (secondary N) is 1. The van der Waals surface area contributed by atoms with E-state index in [-0.39, 0.29) is 24.0 Å². The maximum absolute atomic E-state index is 6.10. The van der Waals surface area contributed by atoms with Crippen LogP contribution < -0.4 is 5.32 Å². The van der Waals surface area contributed by atoms with Gasteiger partial charge in [0.2, 0.25) is 0 Å². The first kappa shape index (κ1) is 24.4. The van der Waals surface area contributed by atoms with E-state index < -0.39 is 0 Å². The van der Waals surface area contributed by atoms with Crippen molar-refractivity contribution >= 4 is 29.9 Å². The molecule has 1 N–H and O–H groups in total. The molecule has 8 heteroatoms. The molecule has 1 aromatic rings. The molecule has 7 nitrogen and oxygen atoms in total. The topological polar surface area (TPSA) is 63.9 Å². The van der Waals surface area contributed by atoms with Crippen molar-refractivity contribution in [3.63, 3.8) is 0 Å². The highest BCUT2D eigenvalue weighted by Crippen LogP contribution is 2.18. The van der Waals surface area contributed by atoms with Crippen molar-refractivity contribution in [3.8, 4) is 0 Å². The van der Waals surface area contributed by atoms with Gasteiger partial charge in [-0.1, -0.05) is 13.8 Å². The van der Waals surface area contributed by atoms with Crippen LogP contribution in [0.25, 0.3) is 0 Å². The van der Waals surface area contributed by atoms with Crippen molar-refractivity contribution in [2.45, 2.75) is 71.8 Å². The van der Waals surface area contributed by atoms with Gasteiger partial charge in [-0.05, 0) is 38.5 Å². The van der Waals surface area contributed by atoms with Crippen LogP contribution in [0.2, 0.25) is 0 Å². The zero-order chi connectivity index (χ0) is 19.8. The van der Waals surface area contributed by atoms with Crippen molar-refractivity contribution in [2.24, 2.45) is 10.9 Å². The first-order valence-corrected chi connectivity index (χ1v) is 10.9. The van der Waals surface area contributed by atoms with E-state index in [9.17, 15) is 0 Å². The Bertz CT molecular complexity index is 608. The van der Waals surface area contributed by atoms with Crippen LogP contribution in [-0.2, 0) is 22.6 Å². The Morgan fingerprint density at radius 2 is 2.14 bits per heavy atom. The largest absolute Gasteiger partial charge is 0.376 e. The van der Waals surface area contributed by atoms with Crippen LogP contribution in [0.15, 0.2) is 17.4 Å². The lowest BCUT2D eigenvalue weighted by atomic mass is 10.1. The Labute approximate surface area is 192 Å². The van der Waals surface area contributed by atoms with Gasteiger partial charge in [0.25, 0.3) is 0 Å². The minimum atomic E-state index is 0. The van der Waals surface area contributed by atoms with E-state index in [0.717, 1.165) is 70.4 Å². The Balaban J connectivity index is 0.00000300. The summed E-state index contributed by atoms with van der Waals surface area (Å²) in [4.78, 5) is 11.7. The molecule has 2 aliphatic heterocycles. The highest BCUT2D eigenvalue weighted by Gasteiger charge is 2.24. The van der Waals surface area contributed by atoms with E-state index in [0.29, 0.717) is 24.7 Å². The normalized spacial score (nSPS) is 20.9. The van der Waals surface area contributed by atoms with E-state index in [1.807, 2.05) is 6.20 Å². The number of imidazole rings is 1. The van der Waals surface area contributed by atoms with Gasteiger partial charge >= 0.3 is 0 Å². The van der Waals surface area contributed by atoms with Gasteiger partial charge in [0.1, 0.15) is 12.4 Å². The summed E-state index contributed by atoms with van der Waals surface area (Å²) in [7, 11) is 0. The first-order valence-electron chi connectivity index (χ1n) is 10.9. The van der Waals surface area contributed by atoms with Crippen molar-refractivity contribution in [3.05, 3.63) is 18.2 Å². The second kappa shape index (κ2) is 12.7. The summed E-state index contributed by atoms with van der Waals surface area (Å²) < 4.78 is 14.0. The lowest BCUT2D eigenvalue weighted by molar-refractivity contribution is -0.0367. The van der Waals surface area contributed by atoms with Gasteiger partial charge in [0.05, 0.1) is 18.8 Å². The smallest absolute Gasteiger partial charge is 0.194 e. The molecular weight excluding hydrogens is 481 g/mol. The third-order valence-electron chi connectivity index (χ3n) is 5.35. The van der Waals surface area contributed by atoms with Gasteiger partial charge in [-0.3, -0.25) is 0 Å². The maximum atomic E-state index is 6.10. The molecule has 2 fully saturated rings. The minimum Gasteiger partial charge on any atom is -0.376 e. The molecule has 3 rings (SSSR count). The lowest BCUT2D eigenvalue weighted by Gasteiger charge is -2.34. The molecule has 0 amide bonds. The predicted molar refractivity (Wildman–Crippen MR) is 127 cm³/mol. The molecule has 29 heavy (non-hydrogen) atoms. The van der Waals surface area contributed by atoms with Crippen LogP contribution >= 0.6 is 24.0 Å². The molecule has 0 aromatic carbocycles. The average Bonchev–Trinajstić information content (AvgIpc) is 3.35. The summed E-state index contributed by atoms with van der Waals surface area (Å²) in [5.41, 5.74) is 0. The second-order valence-electron chi connectivity index (χ2n) is 8.21. The summed E-state index contributed by atoms with van der Waals surface area (Å²) in [5.74, 6) is 2.61. The van der Waals surface area contributed by atoms with Crippen LogP contribution in [0, 0.1) is 5.92 Å². The zero-order valence-electron chi connectivity index (χ0n) is 18.2. The zero-order valence-corrected chi connectivity index (χ0v) is 20.5. The molecule has 1 atom stereocenters. The molecule has 0 bridgehead atoms. The van der Waals surface area contributed by atoms with Crippen LogP contribution in [0.3, 0.4) is 0 Å². The minimum absolute atomic E-state index is 0. The van der Waals surface area contributed by atoms with Gasteiger partial charge in [-0.15, -0.1) is 24.0 Å². The molecule has 0 aliphatic carbocycles. The molecule has 0 spiro atoms. The highest BCUT2D eigenvalue weighted by atomic mass is 127. The van der Waals surface area contributed by atoms with E-state index in [1.54, 1.807) is 0 Å².